The first-order chi connectivity index (χ1) is 9.65. The van der Waals surface area contributed by atoms with Crippen molar-refractivity contribution in [1.29, 1.82) is 0 Å². The molecular formula is C16H25FN2O. The van der Waals surface area contributed by atoms with E-state index in [9.17, 15) is 9.50 Å². The number of aryl methyl sites for hydroxylation is 1. The molecule has 20 heavy (non-hydrogen) atoms. The van der Waals surface area contributed by atoms with E-state index in [0.29, 0.717) is 18.5 Å². The van der Waals surface area contributed by atoms with Crippen molar-refractivity contribution in [2.75, 3.05) is 13.2 Å². The number of hydrogen-bond donors (Lipinski definition) is 3. The maximum Gasteiger partial charge on any atom is 0.123 e. The standard InChI is InChI=1S/C16H25FN2O/c1-11-8-13(17)6-7-14(11)16(9-18)19-15-5-3-2-4-12(15)10-20/h6-8,12,15-16,19-20H,2-5,9-10,18H2,1H3. The van der Waals surface area contributed by atoms with Crippen LogP contribution in [0.25, 0.3) is 0 Å². The lowest BCUT2D eigenvalue weighted by molar-refractivity contribution is 0.146. The molecule has 112 valence electrons. The molecule has 0 aromatic heterocycles. The zero-order valence-electron chi connectivity index (χ0n) is 12.1. The van der Waals surface area contributed by atoms with E-state index in [1.807, 2.05) is 13.0 Å². The van der Waals surface area contributed by atoms with Gasteiger partial charge in [-0.3, -0.25) is 0 Å². The van der Waals surface area contributed by atoms with E-state index in [2.05, 4.69) is 5.32 Å². The van der Waals surface area contributed by atoms with E-state index in [0.717, 1.165) is 24.0 Å². The van der Waals surface area contributed by atoms with Gasteiger partial charge >= 0.3 is 0 Å². The highest BCUT2D eigenvalue weighted by Crippen LogP contribution is 2.27. The predicted molar refractivity (Wildman–Crippen MR) is 78.9 cm³/mol. The summed E-state index contributed by atoms with van der Waals surface area (Å²) in [4.78, 5) is 0. The largest absolute Gasteiger partial charge is 0.396 e. The SMILES string of the molecule is Cc1cc(F)ccc1C(CN)NC1CCCCC1CO. The molecule has 0 bridgehead atoms. The fraction of sp³-hybridized carbons (Fsp3) is 0.625. The van der Waals surface area contributed by atoms with Gasteiger partial charge in [-0.1, -0.05) is 18.9 Å². The summed E-state index contributed by atoms with van der Waals surface area (Å²) in [5.74, 6) is 0.0893. The molecule has 4 N–H and O–H groups in total. The Morgan fingerprint density at radius 3 is 2.80 bits per heavy atom. The van der Waals surface area contributed by atoms with Gasteiger partial charge in [-0.2, -0.15) is 0 Å². The molecule has 1 aliphatic rings. The van der Waals surface area contributed by atoms with Crippen molar-refractivity contribution < 1.29 is 9.50 Å². The van der Waals surface area contributed by atoms with Gasteiger partial charge in [0.25, 0.3) is 0 Å². The normalized spacial score (nSPS) is 24.6. The molecule has 0 amide bonds. The lowest BCUT2D eigenvalue weighted by atomic mass is 9.84. The minimum absolute atomic E-state index is 0.0211. The topological polar surface area (TPSA) is 58.3 Å². The third-order valence-electron chi connectivity index (χ3n) is 4.40. The van der Waals surface area contributed by atoms with Crippen LogP contribution in [0.15, 0.2) is 18.2 Å². The van der Waals surface area contributed by atoms with Gasteiger partial charge in [-0.05, 0) is 48.9 Å². The number of aliphatic hydroxyl groups excluding tert-OH is 1. The molecule has 1 fully saturated rings. The maximum atomic E-state index is 13.2. The third-order valence-corrected chi connectivity index (χ3v) is 4.40. The van der Waals surface area contributed by atoms with Crippen LogP contribution in [0.2, 0.25) is 0 Å². The molecule has 0 saturated heterocycles. The lowest BCUT2D eigenvalue weighted by Crippen LogP contribution is -2.44. The first kappa shape index (κ1) is 15.4. The van der Waals surface area contributed by atoms with Crippen LogP contribution < -0.4 is 11.1 Å². The highest BCUT2D eigenvalue weighted by Gasteiger charge is 2.27. The Kier molecular flexibility index (Phi) is 5.52. The van der Waals surface area contributed by atoms with E-state index < -0.39 is 0 Å². The van der Waals surface area contributed by atoms with E-state index in [1.54, 1.807) is 6.07 Å². The van der Waals surface area contributed by atoms with Gasteiger partial charge in [-0.25, -0.2) is 4.39 Å². The van der Waals surface area contributed by atoms with Crippen molar-refractivity contribution in [1.82, 2.24) is 5.32 Å². The number of hydrogen-bond acceptors (Lipinski definition) is 3. The van der Waals surface area contributed by atoms with Crippen molar-refractivity contribution >= 4 is 0 Å². The summed E-state index contributed by atoms with van der Waals surface area (Å²) in [5.41, 5.74) is 7.87. The summed E-state index contributed by atoms with van der Waals surface area (Å²) >= 11 is 0. The Hall–Kier alpha value is -0.970. The van der Waals surface area contributed by atoms with Gasteiger partial charge in [-0.15, -0.1) is 0 Å². The summed E-state index contributed by atoms with van der Waals surface area (Å²) < 4.78 is 13.2. The molecule has 1 saturated carbocycles. The van der Waals surface area contributed by atoms with E-state index in [4.69, 9.17) is 5.73 Å². The second-order valence-corrected chi connectivity index (χ2v) is 5.79. The minimum atomic E-state index is -0.215. The van der Waals surface area contributed by atoms with Gasteiger partial charge in [0, 0.05) is 25.2 Å². The Balaban J connectivity index is 2.11. The van der Waals surface area contributed by atoms with Crippen LogP contribution >= 0.6 is 0 Å². The highest BCUT2D eigenvalue weighted by atomic mass is 19.1. The van der Waals surface area contributed by atoms with Gasteiger partial charge in [0.15, 0.2) is 0 Å². The number of nitrogens with two attached hydrogens (primary N) is 1. The molecule has 3 nitrogen and oxygen atoms in total. The van der Waals surface area contributed by atoms with Crippen LogP contribution in [0.3, 0.4) is 0 Å². The summed E-state index contributed by atoms with van der Waals surface area (Å²) in [5, 5.41) is 13.1. The molecule has 0 heterocycles. The molecule has 1 aromatic rings. The van der Waals surface area contributed by atoms with Crippen molar-refractivity contribution in [2.24, 2.45) is 11.7 Å². The molecular weight excluding hydrogens is 255 g/mol. The van der Waals surface area contributed by atoms with Crippen LogP contribution in [-0.4, -0.2) is 24.3 Å². The molecule has 0 spiro atoms. The van der Waals surface area contributed by atoms with Crippen molar-refractivity contribution in [3.8, 4) is 0 Å². The minimum Gasteiger partial charge on any atom is -0.396 e. The summed E-state index contributed by atoms with van der Waals surface area (Å²) in [6.45, 7) is 2.60. The van der Waals surface area contributed by atoms with Gasteiger partial charge in [0.1, 0.15) is 5.82 Å². The van der Waals surface area contributed by atoms with Gasteiger partial charge < -0.3 is 16.2 Å². The van der Waals surface area contributed by atoms with Crippen molar-refractivity contribution in [3.63, 3.8) is 0 Å². The quantitative estimate of drug-likeness (QED) is 0.775. The van der Waals surface area contributed by atoms with Crippen molar-refractivity contribution in [2.45, 2.75) is 44.7 Å². The summed E-state index contributed by atoms with van der Waals surface area (Å²) in [7, 11) is 0. The number of benzene rings is 1. The van der Waals surface area contributed by atoms with Crippen LogP contribution in [0.4, 0.5) is 4.39 Å². The van der Waals surface area contributed by atoms with Gasteiger partial charge in [0.05, 0.1) is 0 Å². The van der Waals surface area contributed by atoms with Crippen molar-refractivity contribution in [3.05, 3.63) is 35.1 Å². The number of aliphatic hydroxyl groups is 1. The summed E-state index contributed by atoms with van der Waals surface area (Å²) in [6.07, 6.45) is 4.51. The summed E-state index contributed by atoms with van der Waals surface area (Å²) in [6, 6.07) is 5.16. The first-order valence-electron chi connectivity index (χ1n) is 7.48. The molecule has 1 aromatic carbocycles. The molecule has 0 radical (unpaired) electrons. The second kappa shape index (κ2) is 7.16. The lowest BCUT2D eigenvalue weighted by Gasteiger charge is -2.34. The second-order valence-electron chi connectivity index (χ2n) is 5.79. The van der Waals surface area contributed by atoms with E-state index in [-0.39, 0.29) is 18.5 Å². The average molecular weight is 280 g/mol. The maximum absolute atomic E-state index is 13.2. The monoisotopic (exact) mass is 280 g/mol. The van der Waals surface area contributed by atoms with Crippen LogP contribution in [0.1, 0.15) is 42.9 Å². The Labute approximate surface area is 120 Å². The van der Waals surface area contributed by atoms with Gasteiger partial charge in [0.2, 0.25) is 0 Å². The average Bonchev–Trinajstić information content (AvgIpc) is 2.46. The third kappa shape index (κ3) is 3.57. The highest BCUT2D eigenvalue weighted by molar-refractivity contribution is 5.30. The molecule has 1 aliphatic carbocycles. The smallest absolute Gasteiger partial charge is 0.123 e. The zero-order valence-corrected chi connectivity index (χ0v) is 12.1. The zero-order chi connectivity index (χ0) is 14.5. The predicted octanol–water partition coefficient (Wildman–Crippen LogP) is 2.27. The molecule has 2 rings (SSSR count). The molecule has 0 aliphatic heterocycles. The Bertz CT molecular complexity index is 438. The van der Waals surface area contributed by atoms with E-state index in [1.165, 1.54) is 18.9 Å². The number of halogens is 1. The van der Waals surface area contributed by atoms with Crippen LogP contribution in [-0.2, 0) is 0 Å². The van der Waals surface area contributed by atoms with E-state index >= 15 is 0 Å². The van der Waals surface area contributed by atoms with Crippen LogP contribution in [0.5, 0.6) is 0 Å². The first-order valence-corrected chi connectivity index (χ1v) is 7.48. The van der Waals surface area contributed by atoms with Crippen LogP contribution in [0, 0.1) is 18.7 Å². The Morgan fingerprint density at radius 2 is 2.15 bits per heavy atom. The molecule has 3 unspecified atom stereocenters. The fourth-order valence-electron chi connectivity index (χ4n) is 3.22. The molecule has 3 atom stereocenters. The fourth-order valence-corrected chi connectivity index (χ4v) is 3.22. The number of rotatable bonds is 5. The number of nitrogens with one attached hydrogen (secondary N) is 1. The Morgan fingerprint density at radius 1 is 1.40 bits per heavy atom. The molecule has 4 heteroatoms.